The summed E-state index contributed by atoms with van der Waals surface area (Å²) < 4.78 is 4.82. The highest BCUT2D eigenvalue weighted by Crippen LogP contribution is 2.21. The third-order valence-corrected chi connectivity index (χ3v) is 3.57. The molecule has 26 heavy (non-hydrogen) atoms. The molecule has 0 aliphatic carbocycles. The van der Waals surface area contributed by atoms with Gasteiger partial charge in [0.2, 0.25) is 5.95 Å². The first-order valence-electron chi connectivity index (χ1n) is 7.54. The largest absolute Gasteiger partial charge is 0.506 e. The molecule has 2 aromatic heterocycles. The van der Waals surface area contributed by atoms with Crippen LogP contribution in [-0.2, 0) is 4.79 Å². The van der Waals surface area contributed by atoms with Crippen molar-refractivity contribution in [3.8, 4) is 17.2 Å². The van der Waals surface area contributed by atoms with Crippen LogP contribution in [0.2, 0.25) is 0 Å². The molecule has 1 amide bonds. The number of nitrogens with zero attached hydrogens (tertiary/aromatic N) is 4. The predicted octanol–water partition coefficient (Wildman–Crippen LogP) is 2.87. The second-order valence-electron chi connectivity index (χ2n) is 5.25. The van der Waals surface area contributed by atoms with Crippen molar-refractivity contribution < 1.29 is 14.4 Å². The Morgan fingerprint density at radius 2 is 1.85 bits per heavy atom. The smallest absolute Gasteiger partial charge is 0.272 e. The van der Waals surface area contributed by atoms with Crippen LogP contribution in [0.1, 0.15) is 11.3 Å². The molecule has 2 N–H and O–H groups in total. The first-order valence-corrected chi connectivity index (χ1v) is 7.54. The van der Waals surface area contributed by atoms with Gasteiger partial charge in [-0.3, -0.25) is 10.1 Å². The topological polar surface area (TPSA) is 125 Å². The molecule has 0 aliphatic rings. The number of aryl methyl sites for hydroxylation is 1. The van der Waals surface area contributed by atoms with Gasteiger partial charge in [0.1, 0.15) is 11.8 Å². The van der Waals surface area contributed by atoms with Gasteiger partial charge in [-0.25, -0.2) is 9.97 Å². The molecule has 0 radical (unpaired) electrons. The normalized spacial score (nSPS) is 11.4. The fraction of sp³-hybridized carbons (Fsp3) is 0.0556. The maximum absolute atomic E-state index is 12.3. The second kappa shape index (κ2) is 7.27. The van der Waals surface area contributed by atoms with E-state index < -0.39 is 17.2 Å². The summed E-state index contributed by atoms with van der Waals surface area (Å²) in [5.41, 5.74) is 1.38. The Morgan fingerprint density at radius 3 is 2.42 bits per heavy atom. The Morgan fingerprint density at radius 1 is 1.15 bits per heavy atom. The average molecular weight is 347 g/mol. The van der Waals surface area contributed by atoms with E-state index in [-0.39, 0.29) is 17.3 Å². The van der Waals surface area contributed by atoms with Crippen molar-refractivity contribution >= 4 is 17.6 Å². The fourth-order valence-corrected chi connectivity index (χ4v) is 2.21. The Labute approximate surface area is 148 Å². The first kappa shape index (κ1) is 16.9. The molecule has 0 unspecified atom stereocenters. The highest BCUT2D eigenvalue weighted by molar-refractivity contribution is 6.10. The lowest BCUT2D eigenvalue weighted by Gasteiger charge is -2.05. The summed E-state index contributed by atoms with van der Waals surface area (Å²) in [6, 6.07) is 11.2. The number of rotatable bonds is 4. The molecule has 0 bridgehead atoms. The summed E-state index contributed by atoms with van der Waals surface area (Å²) in [6.45, 7) is 1.55. The van der Waals surface area contributed by atoms with E-state index in [9.17, 15) is 15.2 Å². The lowest BCUT2D eigenvalue weighted by atomic mass is 10.1. The third-order valence-electron chi connectivity index (χ3n) is 3.57. The number of hydrogen-bond donors (Lipinski definition) is 2. The van der Waals surface area contributed by atoms with E-state index in [0.717, 1.165) is 11.1 Å². The SMILES string of the molecule is Cc1oncc1/C(O)=C(\C#N)C(=O)Nc1ncc(-c2ccccc2)cn1. The van der Waals surface area contributed by atoms with Crippen LogP contribution in [0.25, 0.3) is 16.9 Å². The van der Waals surface area contributed by atoms with Crippen LogP contribution in [0.4, 0.5) is 5.95 Å². The molecule has 8 heteroatoms. The van der Waals surface area contributed by atoms with Crippen LogP contribution in [-0.4, -0.2) is 26.1 Å². The number of carbonyl (C=O) groups excluding carboxylic acids is 1. The van der Waals surface area contributed by atoms with Crippen molar-refractivity contribution in [2.24, 2.45) is 0 Å². The number of anilines is 1. The van der Waals surface area contributed by atoms with Gasteiger partial charge in [-0.1, -0.05) is 35.5 Å². The molecule has 0 fully saturated rings. The van der Waals surface area contributed by atoms with Crippen LogP contribution in [0.15, 0.2) is 59.0 Å². The average Bonchev–Trinajstić information content (AvgIpc) is 3.09. The number of nitrogens with one attached hydrogen (secondary N) is 1. The van der Waals surface area contributed by atoms with Crippen molar-refractivity contribution in [3.05, 3.63) is 65.8 Å². The molecule has 8 nitrogen and oxygen atoms in total. The number of aromatic nitrogens is 3. The number of amides is 1. The van der Waals surface area contributed by atoms with E-state index in [1.807, 2.05) is 30.3 Å². The van der Waals surface area contributed by atoms with E-state index in [1.165, 1.54) is 6.20 Å². The molecule has 2 heterocycles. The minimum absolute atomic E-state index is 0.0114. The molecular weight excluding hydrogens is 334 g/mol. The number of hydrogen-bond acceptors (Lipinski definition) is 7. The first-order chi connectivity index (χ1) is 12.6. The van der Waals surface area contributed by atoms with Crippen LogP contribution in [0.5, 0.6) is 0 Å². The zero-order valence-electron chi connectivity index (χ0n) is 13.7. The number of benzene rings is 1. The monoisotopic (exact) mass is 347 g/mol. The van der Waals surface area contributed by atoms with Crippen molar-refractivity contribution in [3.63, 3.8) is 0 Å². The summed E-state index contributed by atoms with van der Waals surface area (Å²) in [4.78, 5) is 20.4. The van der Waals surface area contributed by atoms with E-state index >= 15 is 0 Å². The zero-order chi connectivity index (χ0) is 18.5. The third kappa shape index (κ3) is 3.42. The molecule has 128 valence electrons. The fourth-order valence-electron chi connectivity index (χ4n) is 2.21. The molecule has 0 atom stereocenters. The van der Waals surface area contributed by atoms with E-state index in [2.05, 4.69) is 20.4 Å². The maximum Gasteiger partial charge on any atom is 0.272 e. The lowest BCUT2D eigenvalue weighted by molar-refractivity contribution is -0.112. The molecule has 0 aliphatic heterocycles. The van der Waals surface area contributed by atoms with Crippen molar-refractivity contribution in [2.45, 2.75) is 6.92 Å². The molecule has 3 rings (SSSR count). The zero-order valence-corrected chi connectivity index (χ0v) is 13.7. The molecule has 1 aromatic carbocycles. The number of carbonyl (C=O) groups is 1. The Bertz CT molecular complexity index is 1000. The molecule has 0 spiro atoms. The summed E-state index contributed by atoms with van der Waals surface area (Å²) in [6.07, 6.45) is 4.33. The van der Waals surface area contributed by atoms with Gasteiger partial charge in [0.05, 0.1) is 11.8 Å². The van der Waals surface area contributed by atoms with Gasteiger partial charge in [-0.2, -0.15) is 5.26 Å². The summed E-state index contributed by atoms with van der Waals surface area (Å²) in [7, 11) is 0. The maximum atomic E-state index is 12.3. The molecular formula is C18H13N5O3. The number of aliphatic hydroxyl groups is 1. The van der Waals surface area contributed by atoms with E-state index in [4.69, 9.17) is 4.52 Å². The molecule has 3 aromatic rings. The van der Waals surface area contributed by atoms with Gasteiger partial charge in [0.25, 0.3) is 5.91 Å². The minimum Gasteiger partial charge on any atom is -0.506 e. The van der Waals surface area contributed by atoms with Gasteiger partial charge in [0.15, 0.2) is 11.3 Å². The molecule has 0 saturated heterocycles. The second-order valence-corrected chi connectivity index (χ2v) is 5.25. The van der Waals surface area contributed by atoms with Crippen molar-refractivity contribution in [2.75, 3.05) is 5.32 Å². The highest BCUT2D eigenvalue weighted by atomic mass is 16.5. The summed E-state index contributed by atoms with van der Waals surface area (Å²) >= 11 is 0. The van der Waals surface area contributed by atoms with Crippen LogP contribution < -0.4 is 5.32 Å². The van der Waals surface area contributed by atoms with Crippen LogP contribution in [0.3, 0.4) is 0 Å². The van der Waals surface area contributed by atoms with Crippen LogP contribution >= 0.6 is 0 Å². The Hall–Kier alpha value is -3.99. The standard InChI is InChI=1S/C18H13N5O3/c1-11-15(10-22-26-11)16(24)14(7-19)17(25)23-18-20-8-13(9-21-18)12-5-3-2-4-6-12/h2-6,8-10,24H,1H3,(H,20,21,23,25)/b16-14-. The number of aliphatic hydroxyl groups excluding tert-OH is 1. The Balaban J connectivity index is 1.81. The molecule has 0 saturated carbocycles. The summed E-state index contributed by atoms with van der Waals surface area (Å²) in [5, 5.41) is 25.2. The van der Waals surface area contributed by atoms with Gasteiger partial charge in [0, 0.05) is 18.0 Å². The lowest BCUT2D eigenvalue weighted by Crippen LogP contribution is -2.17. The van der Waals surface area contributed by atoms with Gasteiger partial charge < -0.3 is 9.63 Å². The van der Waals surface area contributed by atoms with Gasteiger partial charge in [-0.15, -0.1) is 0 Å². The van der Waals surface area contributed by atoms with Gasteiger partial charge >= 0.3 is 0 Å². The number of nitriles is 1. The predicted molar refractivity (Wildman–Crippen MR) is 92.5 cm³/mol. The van der Waals surface area contributed by atoms with Crippen LogP contribution in [0, 0.1) is 18.3 Å². The van der Waals surface area contributed by atoms with E-state index in [1.54, 1.807) is 25.4 Å². The Kier molecular flexibility index (Phi) is 4.71. The quantitative estimate of drug-likeness (QED) is 0.422. The summed E-state index contributed by atoms with van der Waals surface area (Å²) in [5.74, 6) is -1.06. The van der Waals surface area contributed by atoms with Crippen molar-refractivity contribution in [1.82, 2.24) is 15.1 Å². The highest BCUT2D eigenvalue weighted by Gasteiger charge is 2.20. The van der Waals surface area contributed by atoms with Gasteiger partial charge in [-0.05, 0) is 12.5 Å². The minimum atomic E-state index is -0.835. The van der Waals surface area contributed by atoms with E-state index in [0.29, 0.717) is 0 Å². The van der Waals surface area contributed by atoms with Crippen molar-refractivity contribution in [1.29, 1.82) is 5.26 Å².